The van der Waals surface area contributed by atoms with Crippen LogP contribution in [0.3, 0.4) is 0 Å². The van der Waals surface area contributed by atoms with Crippen LogP contribution in [0.4, 0.5) is 0 Å². The van der Waals surface area contributed by atoms with Gasteiger partial charge in [-0.15, -0.1) is 0 Å². The van der Waals surface area contributed by atoms with Gasteiger partial charge in [-0.25, -0.2) is 9.97 Å². The lowest BCUT2D eigenvalue weighted by molar-refractivity contribution is 0.768. The SMILES string of the molecule is Cn1cc(-c2cc3c(-c4nc5nccc(-c6ccncc6)c5[nH]4)n[nH]c3cn2)cn1. The molecule has 0 fully saturated rings. The first-order chi connectivity index (χ1) is 14.8. The van der Waals surface area contributed by atoms with Crippen LogP contribution in [-0.4, -0.2) is 44.9 Å². The Labute approximate surface area is 169 Å². The molecule has 0 saturated carbocycles. The number of imidazole rings is 1. The maximum absolute atomic E-state index is 4.70. The highest BCUT2D eigenvalue weighted by atomic mass is 15.2. The average molecular weight is 393 g/mol. The van der Waals surface area contributed by atoms with E-state index in [-0.39, 0.29) is 0 Å². The molecule has 144 valence electrons. The minimum Gasteiger partial charge on any atom is -0.335 e. The van der Waals surface area contributed by atoms with Gasteiger partial charge in [0.15, 0.2) is 11.5 Å². The average Bonchev–Trinajstić information content (AvgIpc) is 3.50. The van der Waals surface area contributed by atoms with E-state index in [9.17, 15) is 0 Å². The van der Waals surface area contributed by atoms with Crippen LogP contribution in [0.1, 0.15) is 0 Å². The second-order valence-electron chi connectivity index (χ2n) is 6.97. The number of aromatic amines is 2. The van der Waals surface area contributed by atoms with Crippen LogP contribution in [0.2, 0.25) is 0 Å². The maximum atomic E-state index is 4.70. The van der Waals surface area contributed by atoms with Crippen molar-refractivity contribution in [2.45, 2.75) is 0 Å². The van der Waals surface area contributed by atoms with Gasteiger partial charge in [0.25, 0.3) is 0 Å². The van der Waals surface area contributed by atoms with Crippen molar-refractivity contribution >= 4 is 22.1 Å². The monoisotopic (exact) mass is 393 g/mol. The van der Waals surface area contributed by atoms with Gasteiger partial charge >= 0.3 is 0 Å². The van der Waals surface area contributed by atoms with Crippen LogP contribution in [0.5, 0.6) is 0 Å². The molecule has 0 aliphatic heterocycles. The molecule has 9 nitrogen and oxygen atoms in total. The molecule has 30 heavy (non-hydrogen) atoms. The van der Waals surface area contributed by atoms with Gasteiger partial charge in [0.2, 0.25) is 0 Å². The molecule has 0 bridgehead atoms. The minimum atomic E-state index is 0.636. The topological polar surface area (TPSA) is 114 Å². The summed E-state index contributed by atoms with van der Waals surface area (Å²) in [5.74, 6) is 0.647. The summed E-state index contributed by atoms with van der Waals surface area (Å²) < 4.78 is 1.75. The molecule has 0 aliphatic carbocycles. The Bertz CT molecular complexity index is 1510. The van der Waals surface area contributed by atoms with Gasteiger partial charge in [-0.2, -0.15) is 10.2 Å². The molecule has 6 aromatic rings. The fourth-order valence-electron chi connectivity index (χ4n) is 3.60. The smallest absolute Gasteiger partial charge is 0.178 e. The quantitative estimate of drug-likeness (QED) is 0.477. The molecule has 6 rings (SSSR count). The summed E-state index contributed by atoms with van der Waals surface area (Å²) in [5.41, 5.74) is 6.87. The van der Waals surface area contributed by atoms with E-state index in [0.29, 0.717) is 11.5 Å². The highest BCUT2D eigenvalue weighted by molar-refractivity contribution is 5.96. The van der Waals surface area contributed by atoms with E-state index in [4.69, 9.17) is 4.98 Å². The Morgan fingerprint density at radius 2 is 1.87 bits per heavy atom. The predicted molar refractivity (Wildman–Crippen MR) is 112 cm³/mol. The van der Waals surface area contributed by atoms with E-state index in [0.717, 1.165) is 44.5 Å². The van der Waals surface area contributed by atoms with Crippen molar-refractivity contribution in [1.82, 2.24) is 44.9 Å². The summed E-state index contributed by atoms with van der Waals surface area (Å²) in [4.78, 5) is 21.1. The first-order valence-electron chi connectivity index (χ1n) is 9.35. The van der Waals surface area contributed by atoms with Gasteiger partial charge in [-0.1, -0.05) is 0 Å². The fourth-order valence-corrected chi connectivity index (χ4v) is 3.60. The molecule has 0 aliphatic rings. The van der Waals surface area contributed by atoms with Gasteiger partial charge in [0, 0.05) is 48.3 Å². The lowest BCUT2D eigenvalue weighted by Gasteiger charge is -2.01. The van der Waals surface area contributed by atoms with Crippen molar-refractivity contribution in [3.05, 3.63) is 61.4 Å². The van der Waals surface area contributed by atoms with Crippen molar-refractivity contribution in [3.63, 3.8) is 0 Å². The molecule has 0 saturated heterocycles. The summed E-state index contributed by atoms with van der Waals surface area (Å²) in [5, 5.41) is 12.7. The van der Waals surface area contributed by atoms with E-state index in [1.165, 1.54) is 0 Å². The molecular weight excluding hydrogens is 378 g/mol. The van der Waals surface area contributed by atoms with E-state index < -0.39 is 0 Å². The van der Waals surface area contributed by atoms with Crippen molar-refractivity contribution in [2.75, 3.05) is 0 Å². The summed E-state index contributed by atoms with van der Waals surface area (Å²) in [6, 6.07) is 7.89. The second-order valence-corrected chi connectivity index (χ2v) is 6.97. The van der Waals surface area contributed by atoms with Crippen LogP contribution in [0.25, 0.3) is 56.0 Å². The Morgan fingerprint density at radius 3 is 2.70 bits per heavy atom. The first kappa shape index (κ1) is 16.5. The van der Waals surface area contributed by atoms with Crippen LogP contribution in [0, 0.1) is 0 Å². The molecule has 0 amide bonds. The number of nitrogens with one attached hydrogen (secondary N) is 2. The lowest BCUT2D eigenvalue weighted by atomic mass is 10.1. The standard InChI is InChI=1S/C21H15N9/c1-30-11-13(9-25-30)16-8-15-17(10-24-16)28-29-19(15)21-26-18-14(4-7-23-20(18)27-21)12-2-5-22-6-3-12/h2-11H,1H3,(H,28,29)(H,23,26,27). The second kappa shape index (κ2) is 6.31. The third kappa shape index (κ3) is 2.56. The van der Waals surface area contributed by atoms with Gasteiger partial charge in [-0.3, -0.25) is 19.7 Å². The van der Waals surface area contributed by atoms with Crippen molar-refractivity contribution < 1.29 is 0 Å². The van der Waals surface area contributed by atoms with Crippen LogP contribution in [0.15, 0.2) is 61.4 Å². The van der Waals surface area contributed by atoms with Gasteiger partial charge in [-0.05, 0) is 29.8 Å². The largest absolute Gasteiger partial charge is 0.335 e. The number of fused-ring (bicyclic) bond motifs is 2. The number of hydrogen-bond acceptors (Lipinski definition) is 6. The zero-order chi connectivity index (χ0) is 20.1. The Balaban J connectivity index is 1.52. The predicted octanol–water partition coefficient (Wildman–Crippen LogP) is 3.36. The van der Waals surface area contributed by atoms with Crippen molar-refractivity contribution in [3.8, 4) is 33.9 Å². The Morgan fingerprint density at radius 1 is 0.967 bits per heavy atom. The highest BCUT2D eigenvalue weighted by Gasteiger charge is 2.16. The summed E-state index contributed by atoms with van der Waals surface area (Å²) >= 11 is 0. The lowest BCUT2D eigenvalue weighted by Crippen LogP contribution is -1.85. The van der Waals surface area contributed by atoms with Gasteiger partial charge < -0.3 is 4.98 Å². The Hall–Kier alpha value is -4.40. The first-order valence-corrected chi connectivity index (χ1v) is 9.35. The highest BCUT2D eigenvalue weighted by Crippen LogP contribution is 2.31. The minimum absolute atomic E-state index is 0.636. The van der Waals surface area contributed by atoms with E-state index in [1.807, 2.05) is 37.5 Å². The molecule has 0 spiro atoms. The number of rotatable bonds is 3. The zero-order valence-electron chi connectivity index (χ0n) is 15.9. The number of H-pyrrole nitrogens is 2. The Kier molecular flexibility index (Phi) is 3.48. The molecule has 0 unspecified atom stereocenters. The van der Waals surface area contributed by atoms with Gasteiger partial charge in [0.05, 0.1) is 29.1 Å². The maximum Gasteiger partial charge on any atom is 0.178 e. The fraction of sp³-hybridized carbons (Fsp3) is 0.0476. The number of nitrogens with zero attached hydrogens (tertiary/aromatic N) is 7. The van der Waals surface area contributed by atoms with Crippen molar-refractivity contribution in [1.29, 1.82) is 0 Å². The molecule has 6 heterocycles. The molecule has 0 radical (unpaired) electrons. The molecular formula is C21H15N9. The number of pyridine rings is 3. The number of aryl methyl sites for hydroxylation is 1. The van der Waals surface area contributed by atoms with Crippen LogP contribution >= 0.6 is 0 Å². The number of aromatic nitrogens is 9. The normalized spacial score (nSPS) is 11.5. The summed E-state index contributed by atoms with van der Waals surface area (Å²) in [6.07, 6.45) is 10.8. The van der Waals surface area contributed by atoms with Crippen LogP contribution in [-0.2, 0) is 7.05 Å². The zero-order valence-corrected chi connectivity index (χ0v) is 15.9. The molecule has 9 heteroatoms. The number of hydrogen-bond donors (Lipinski definition) is 2. The summed E-state index contributed by atoms with van der Waals surface area (Å²) in [7, 11) is 1.88. The van der Waals surface area contributed by atoms with E-state index >= 15 is 0 Å². The van der Waals surface area contributed by atoms with E-state index in [2.05, 4.69) is 35.2 Å². The third-order valence-corrected chi connectivity index (χ3v) is 5.06. The van der Waals surface area contributed by atoms with Crippen LogP contribution < -0.4 is 0 Å². The molecule has 0 atom stereocenters. The summed E-state index contributed by atoms with van der Waals surface area (Å²) in [6.45, 7) is 0. The third-order valence-electron chi connectivity index (χ3n) is 5.06. The molecule has 2 N–H and O–H groups in total. The van der Waals surface area contributed by atoms with Gasteiger partial charge in [0.1, 0.15) is 5.69 Å². The van der Waals surface area contributed by atoms with Crippen molar-refractivity contribution in [2.24, 2.45) is 7.05 Å². The molecule has 0 aromatic carbocycles. The molecule has 6 aromatic heterocycles. The van der Waals surface area contributed by atoms with E-state index in [1.54, 1.807) is 35.7 Å².